The number of halogens is 2. The van der Waals surface area contributed by atoms with Gasteiger partial charge in [0.15, 0.2) is 0 Å². The van der Waals surface area contributed by atoms with Crippen LogP contribution in [-0.4, -0.2) is 19.8 Å². The number of hydrogen-bond donors (Lipinski definition) is 1. The predicted octanol–water partition coefficient (Wildman–Crippen LogP) is 3.82. The minimum atomic E-state index is -0.238. The van der Waals surface area contributed by atoms with E-state index in [0.717, 1.165) is 29.6 Å². The third kappa shape index (κ3) is 4.94. The number of unbranched alkanes of at least 4 members (excludes halogenated alkanes) is 1. The summed E-state index contributed by atoms with van der Waals surface area (Å²) in [7, 11) is 0. The highest BCUT2D eigenvalue weighted by molar-refractivity contribution is 9.10. The number of hydrogen-bond acceptors (Lipinski definition) is 2. The van der Waals surface area contributed by atoms with Crippen LogP contribution in [0.3, 0.4) is 0 Å². The zero-order chi connectivity index (χ0) is 11.8. The summed E-state index contributed by atoms with van der Waals surface area (Å²) in [6.07, 6.45) is 2.23. The summed E-state index contributed by atoms with van der Waals surface area (Å²) in [6, 6.07) is 4.58. The number of rotatable bonds is 7. The first-order valence-electron chi connectivity index (χ1n) is 5.50. The van der Waals surface area contributed by atoms with Crippen LogP contribution < -0.4 is 5.32 Å². The molecule has 0 atom stereocenters. The molecule has 4 heteroatoms. The second-order valence-electron chi connectivity index (χ2n) is 3.52. The second kappa shape index (κ2) is 7.63. The molecule has 0 aliphatic carbocycles. The Morgan fingerprint density at radius 1 is 1.38 bits per heavy atom. The van der Waals surface area contributed by atoms with Gasteiger partial charge in [0.25, 0.3) is 0 Å². The highest BCUT2D eigenvalue weighted by Crippen LogP contribution is 2.22. The van der Waals surface area contributed by atoms with E-state index < -0.39 is 0 Å². The SMILES string of the molecule is CCCCOCCNc1cc(F)ccc1Br. The van der Waals surface area contributed by atoms with E-state index >= 15 is 0 Å². The second-order valence-corrected chi connectivity index (χ2v) is 4.37. The fourth-order valence-electron chi connectivity index (χ4n) is 1.24. The normalized spacial score (nSPS) is 10.4. The van der Waals surface area contributed by atoms with Crippen LogP contribution in [0.5, 0.6) is 0 Å². The molecule has 0 bridgehead atoms. The molecule has 16 heavy (non-hydrogen) atoms. The van der Waals surface area contributed by atoms with Crippen molar-refractivity contribution in [3.63, 3.8) is 0 Å². The molecule has 1 aromatic rings. The molecular formula is C12H17BrFNO. The summed E-state index contributed by atoms with van der Waals surface area (Å²) in [6.45, 7) is 4.25. The quantitative estimate of drug-likeness (QED) is 0.771. The van der Waals surface area contributed by atoms with E-state index in [1.165, 1.54) is 12.1 Å². The molecule has 0 radical (unpaired) electrons. The van der Waals surface area contributed by atoms with Crippen molar-refractivity contribution >= 4 is 21.6 Å². The average Bonchev–Trinajstić information content (AvgIpc) is 2.28. The van der Waals surface area contributed by atoms with Crippen LogP contribution in [0.4, 0.5) is 10.1 Å². The molecule has 0 heterocycles. The summed E-state index contributed by atoms with van der Waals surface area (Å²) in [5, 5.41) is 3.12. The minimum absolute atomic E-state index is 0.238. The van der Waals surface area contributed by atoms with Crippen LogP contribution in [0.25, 0.3) is 0 Å². The molecule has 1 N–H and O–H groups in total. The van der Waals surface area contributed by atoms with Crippen molar-refractivity contribution in [2.45, 2.75) is 19.8 Å². The van der Waals surface area contributed by atoms with Gasteiger partial charge in [0, 0.05) is 17.6 Å². The Labute approximate surface area is 104 Å². The van der Waals surface area contributed by atoms with Gasteiger partial charge in [0.1, 0.15) is 5.82 Å². The Morgan fingerprint density at radius 2 is 2.19 bits per heavy atom. The van der Waals surface area contributed by atoms with E-state index in [-0.39, 0.29) is 5.82 Å². The van der Waals surface area contributed by atoms with Crippen molar-refractivity contribution in [1.29, 1.82) is 0 Å². The van der Waals surface area contributed by atoms with Gasteiger partial charge in [0.2, 0.25) is 0 Å². The molecule has 0 saturated carbocycles. The summed E-state index contributed by atoms with van der Waals surface area (Å²) in [5.74, 6) is -0.238. The molecule has 0 aliphatic heterocycles. The number of ether oxygens (including phenoxy) is 1. The maximum Gasteiger partial charge on any atom is 0.125 e. The number of nitrogens with one attached hydrogen (secondary N) is 1. The van der Waals surface area contributed by atoms with Crippen LogP contribution in [0.15, 0.2) is 22.7 Å². The van der Waals surface area contributed by atoms with Gasteiger partial charge in [-0.1, -0.05) is 13.3 Å². The molecule has 0 spiro atoms. The lowest BCUT2D eigenvalue weighted by Crippen LogP contribution is -2.10. The van der Waals surface area contributed by atoms with Crippen molar-refractivity contribution in [3.05, 3.63) is 28.5 Å². The summed E-state index contributed by atoms with van der Waals surface area (Å²) >= 11 is 3.35. The van der Waals surface area contributed by atoms with Crippen LogP contribution in [0, 0.1) is 5.82 Å². The van der Waals surface area contributed by atoms with Gasteiger partial charge < -0.3 is 10.1 Å². The van der Waals surface area contributed by atoms with Gasteiger partial charge in [-0.25, -0.2) is 4.39 Å². The first-order valence-corrected chi connectivity index (χ1v) is 6.30. The number of benzene rings is 1. The molecule has 0 aromatic heterocycles. The van der Waals surface area contributed by atoms with Gasteiger partial charge in [-0.15, -0.1) is 0 Å². The fraction of sp³-hybridized carbons (Fsp3) is 0.500. The largest absolute Gasteiger partial charge is 0.382 e. The van der Waals surface area contributed by atoms with Crippen LogP contribution in [0.2, 0.25) is 0 Å². The zero-order valence-corrected chi connectivity index (χ0v) is 11.0. The Morgan fingerprint density at radius 3 is 2.94 bits per heavy atom. The fourth-order valence-corrected chi connectivity index (χ4v) is 1.63. The maximum atomic E-state index is 12.9. The average molecular weight is 290 g/mol. The van der Waals surface area contributed by atoms with E-state index in [9.17, 15) is 4.39 Å². The van der Waals surface area contributed by atoms with Crippen molar-refractivity contribution in [2.75, 3.05) is 25.1 Å². The Bertz CT molecular complexity index is 320. The Kier molecular flexibility index (Phi) is 6.42. The standard InChI is InChI=1S/C12H17BrFNO/c1-2-3-7-16-8-6-15-12-9-10(14)4-5-11(12)13/h4-5,9,15H,2-3,6-8H2,1H3. The molecule has 0 unspecified atom stereocenters. The molecular weight excluding hydrogens is 273 g/mol. The van der Waals surface area contributed by atoms with Crippen LogP contribution in [-0.2, 0) is 4.74 Å². The molecule has 0 amide bonds. The summed E-state index contributed by atoms with van der Waals surface area (Å²) < 4.78 is 19.2. The van der Waals surface area contributed by atoms with Gasteiger partial charge >= 0.3 is 0 Å². The molecule has 0 fully saturated rings. The van der Waals surface area contributed by atoms with Crippen molar-refractivity contribution in [3.8, 4) is 0 Å². The van der Waals surface area contributed by atoms with E-state index in [2.05, 4.69) is 28.2 Å². The molecule has 2 nitrogen and oxygen atoms in total. The van der Waals surface area contributed by atoms with Crippen molar-refractivity contribution < 1.29 is 9.13 Å². The number of anilines is 1. The third-order valence-electron chi connectivity index (χ3n) is 2.13. The Hall–Kier alpha value is -0.610. The summed E-state index contributed by atoms with van der Waals surface area (Å²) in [4.78, 5) is 0. The van der Waals surface area contributed by atoms with Gasteiger partial charge in [-0.3, -0.25) is 0 Å². The summed E-state index contributed by atoms with van der Waals surface area (Å²) in [5.41, 5.74) is 0.763. The lowest BCUT2D eigenvalue weighted by molar-refractivity contribution is 0.141. The highest BCUT2D eigenvalue weighted by atomic mass is 79.9. The highest BCUT2D eigenvalue weighted by Gasteiger charge is 2.00. The smallest absolute Gasteiger partial charge is 0.125 e. The predicted molar refractivity (Wildman–Crippen MR) is 68.3 cm³/mol. The monoisotopic (exact) mass is 289 g/mol. The lowest BCUT2D eigenvalue weighted by atomic mass is 10.3. The van der Waals surface area contributed by atoms with E-state index in [0.29, 0.717) is 13.2 Å². The zero-order valence-electron chi connectivity index (χ0n) is 9.43. The molecule has 90 valence electrons. The van der Waals surface area contributed by atoms with Gasteiger partial charge in [-0.2, -0.15) is 0 Å². The van der Waals surface area contributed by atoms with E-state index in [1.54, 1.807) is 6.07 Å². The maximum absolute atomic E-state index is 12.9. The first kappa shape index (κ1) is 13.5. The van der Waals surface area contributed by atoms with Gasteiger partial charge in [-0.05, 0) is 40.5 Å². The Balaban J connectivity index is 2.23. The van der Waals surface area contributed by atoms with E-state index in [4.69, 9.17) is 4.74 Å². The minimum Gasteiger partial charge on any atom is -0.382 e. The van der Waals surface area contributed by atoms with E-state index in [1.807, 2.05) is 0 Å². The van der Waals surface area contributed by atoms with Crippen molar-refractivity contribution in [1.82, 2.24) is 0 Å². The first-order chi connectivity index (χ1) is 7.74. The van der Waals surface area contributed by atoms with Crippen LogP contribution >= 0.6 is 15.9 Å². The molecule has 1 aromatic carbocycles. The third-order valence-corrected chi connectivity index (χ3v) is 2.82. The van der Waals surface area contributed by atoms with Crippen molar-refractivity contribution in [2.24, 2.45) is 0 Å². The molecule has 0 aliphatic rings. The van der Waals surface area contributed by atoms with Crippen LogP contribution in [0.1, 0.15) is 19.8 Å². The topological polar surface area (TPSA) is 21.3 Å². The molecule has 1 rings (SSSR count). The molecule has 0 saturated heterocycles. The van der Waals surface area contributed by atoms with Gasteiger partial charge in [0.05, 0.1) is 12.3 Å². The lowest BCUT2D eigenvalue weighted by Gasteiger charge is -2.09.